The third kappa shape index (κ3) is 2.37. The van der Waals surface area contributed by atoms with E-state index in [4.69, 9.17) is 11.6 Å². The zero-order valence-corrected chi connectivity index (χ0v) is 9.85. The molecule has 78 valence electrons. The first-order chi connectivity index (χ1) is 7.31. The smallest absolute Gasteiger partial charge is 0.114 e. The zero-order chi connectivity index (χ0) is 10.7. The number of nitrogens with zero attached hydrogens (tertiary/aromatic N) is 1. The highest BCUT2D eigenvalue weighted by Gasteiger charge is 2.13. The predicted octanol–water partition coefficient (Wildman–Crippen LogP) is 3.11. The molecule has 2 rings (SSSR count). The third-order valence-electron chi connectivity index (χ3n) is 2.19. The molecule has 1 N–H and O–H groups in total. The van der Waals surface area contributed by atoms with Crippen molar-refractivity contribution in [3.05, 3.63) is 51.4 Å². The van der Waals surface area contributed by atoms with Crippen LogP contribution < -0.4 is 5.32 Å². The highest BCUT2D eigenvalue weighted by atomic mass is 35.5. The van der Waals surface area contributed by atoms with Gasteiger partial charge in [0, 0.05) is 16.6 Å². The summed E-state index contributed by atoms with van der Waals surface area (Å²) in [5, 5.41) is 7.05. The molecule has 0 radical (unpaired) electrons. The molecule has 1 aromatic heterocycles. The zero-order valence-electron chi connectivity index (χ0n) is 8.27. The lowest BCUT2D eigenvalue weighted by molar-refractivity contribution is 0.686. The molecule has 0 saturated carbocycles. The summed E-state index contributed by atoms with van der Waals surface area (Å²) < 4.78 is 0. The molecule has 0 bridgehead atoms. The number of rotatable bonds is 3. The first-order valence-electron chi connectivity index (χ1n) is 4.63. The van der Waals surface area contributed by atoms with Crippen LogP contribution in [-0.4, -0.2) is 12.0 Å². The Hall–Kier alpha value is -0.900. The van der Waals surface area contributed by atoms with Gasteiger partial charge in [0.25, 0.3) is 0 Å². The Morgan fingerprint density at radius 2 is 2.07 bits per heavy atom. The molecule has 0 fully saturated rings. The number of halogens is 1. The van der Waals surface area contributed by atoms with Gasteiger partial charge in [-0.2, -0.15) is 0 Å². The Labute approximate surface area is 97.9 Å². The average molecular weight is 239 g/mol. The molecule has 1 aromatic carbocycles. The molecule has 4 heteroatoms. The van der Waals surface area contributed by atoms with Crippen molar-refractivity contribution >= 4 is 22.9 Å². The van der Waals surface area contributed by atoms with E-state index in [-0.39, 0.29) is 6.04 Å². The van der Waals surface area contributed by atoms with E-state index in [0.29, 0.717) is 0 Å². The second kappa shape index (κ2) is 4.75. The van der Waals surface area contributed by atoms with Crippen LogP contribution in [0.3, 0.4) is 0 Å². The molecule has 0 aliphatic carbocycles. The molecule has 0 amide bonds. The van der Waals surface area contributed by atoms with Crippen LogP contribution in [0.1, 0.15) is 16.6 Å². The van der Waals surface area contributed by atoms with Crippen molar-refractivity contribution in [2.24, 2.45) is 0 Å². The second-order valence-electron chi connectivity index (χ2n) is 3.14. The van der Waals surface area contributed by atoms with E-state index < -0.39 is 0 Å². The summed E-state index contributed by atoms with van der Waals surface area (Å²) >= 11 is 7.50. The Morgan fingerprint density at radius 3 is 2.60 bits per heavy atom. The topological polar surface area (TPSA) is 24.9 Å². The van der Waals surface area contributed by atoms with E-state index in [0.717, 1.165) is 10.0 Å². The maximum Gasteiger partial charge on any atom is 0.114 e. The molecule has 0 saturated heterocycles. The van der Waals surface area contributed by atoms with Crippen LogP contribution in [0.2, 0.25) is 5.02 Å². The average Bonchev–Trinajstić information content (AvgIpc) is 2.75. The van der Waals surface area contributed by atoms with Crippen molar-refractivity contribution in [3.63, 3.8) is 0 Å². The quantitative estimate of drug-likeness (QED) is 0.889. The molecule has 2 nitrogen and oxygen atoms in total. The van der Waals surface area contributed by atoms with E-state index in [1.165, 1.54) is 5.56 Å². The van der Waals surface area contributed by atoms with Crippen LogP contribution in [0, 0.1) is 0 Å². The highest BCUT2D eigenvalue weighted by Crippen LogP contribution is 2.24. The Morgan fingerprint density at radius 1 is 1.33 bits per heavy atom. The van der Waals surface area contributed by atoms with Crippen molar-refractivity contribution in [1.82, 2.24) is 10.3 Å². The van der Waals surface area contributed by atoms with Gasteiger partial charge in [-0.15, -0.1) is 11.3 Å². The minimum atomic E-state index is 0.155. The molecule has 15 heavy (non-hydrogen) atoms. The largest absolute Gasteiger partial charge is 0.307 e. The number of aromatic nitrogens is 1. The standard InChI is InChI=1S/C11H11ClN2S/c1-13-10(11-14-6-7-15-11)8-2-4-9(12)5-3-8/h2-7,10,13H,1H3. The van der Waals surface area contributed by atoms with E-state index in [1.54, 1.807) is 11.3 Å². The summed E-state index contributed by atoms with van der Waals surface area (Å²) in [6.45, 7) is 0. The molecular weight excluding hydrogens is 228 g/mol. The maximum absolute atomic E-state index is 5.85. The van der Waals surface area contributed by atoms with Gasteiger partial charge in [0.1, 0.15) is 5.01 Å². The minimum absolute atomic E-state index is 0.155. The predicted molar refractivity (Wildman–Crippen MR) is 64.5 cm³/mol. The fourth-order valence-corrected chi connectivity index (χ4v) is 2.36. The Bertz CT molecular complexity index is 411. The van der Waals surface area contributed by atoms with Gasteiger partial charge in [0.15, 0.2) is 0 Å². The van der Waals surface area contributed by atoms with Crippen LogP contribution in [0.4, 0.5) is 0 Å². The summed E-state index contributed by atoms with van der Waals surface area (Å²) in [6.07, 6.45) is 1.82. The first-order valence-corrected chi connectivity index (χ1v) is 5.89. The lowest BCUT2D eigenvalue weighted by Crippen LogP contribution is -2.17. The SMILES string of the molecule is CNC(c1ccc(Cl)cc1)c1nccs1. The number of nitrogens with one attached hydrogen (secondary N) is 1. The number of hydrogen-bond acceptors (Lipinski definition) is 3. The Balaban J connectivity index is 2.31. The lowest BCUT2D eigenvalue weighted by Gasteiger charge is -2.13. The number of hydrogen-bond donors (Lipinski definition) is 1. The van der Waals surface area contributed by atoms with Crippen molar-refractivity contribution < 1.29 is 0 Å². The summed E-state index contributed by atoms with van der Waals surface area (Å²) in [6, 6.07) is 7.99. The van der Waals surface area contributed by atoms with Gasteiger partial charge < -0.3 is 5.32 Å². The number of benzene rings is 1. The number of thiazole rings is 1. The fraction of sp³-hybridized carbons (Fsp3) is 0.182. The molecule has 1 atom stereocenters. The van der Waals surface area contributed by atoms with E-state index in [2.05, 4.69) is 10.3 Å². The van der Waals surface area contributed by atoms with Gasteiger partial charge in [0.05, 0.1) is 6.04 Å². The van der Waals surface area contributed by atoms with E-state index >= 15 is 0 Å². The lowest BCUT2D eigenvalue weighted by atomic mass is 10.1. The summed E-state index contributed by atoms with van der Waals surface area (Å²) in [5.74, 6) is 0. The van der Waals surface area contributed by atoms with Crippen LogP contribution in [0.15, 0.2) is 35.8 Å². The molecule has 2 aromatic rings. The first kappa shape index (κ1) is 10.6. The molecular formula is C11H11ClN2S. The molecule has 1 heterocycles. The van der Waals surface area contributed by atoms with Gasteiger partial charge in [-0.1, -0.05) is 23.7 Å². The van der Waals surface area contributed by atoms with Crippen molar-refractivity contribution in [1.29, 1.82) is 0 Å². The van der Waals surface area contributed by atoms with Crippen LogP contribution >= 0.6 is 22.9 Å². The van der Waals surface area contributed by atoms with Crippen molar-refractivity contribution in [3.8, 4) is 0 Å². The van der Waals surface area contributed by atoms with E-state index in [9.17, 15) is 0 Å². The molecule has 0 aliphatic heterocycles. The minimum Gasteiger partial charge on any atom is -0.307 e. The normalized spacial score (nSPS) is 12.7. The maximum atomic E-state index is 5.85. The molecule has 1 unspecified atom stereocenters. The van der Waals surface area contributed by atoms with Gasteiger partial charge in [0.2, 0.25) is 0 Å². The van der Waals surface area contributed by atoms with Crippen molar-refractivity contribution in [2.45, 2.75) is 6.04 Å². The van der Waals surface area contributed by atoms with Gasteiger partial charge in [-0.25, -0.2) is 4.98 Å². The van der Waals surface area contributed by atoms with Crippen LogP contribution in [0.25, 0.3) is 0 Å². The molecule has 0 spiro atoms. The Kier molecular flexibility index (Phi) is 3.36. The highest BCUT2D eigenvalue weighted by molar-refractivity contribution is 7.09. The summed E-state index contributed by atoms with van der Waals surface area (Å²) in [4.78, 5) is 4.31. The fourth-order valence-electron chi connectivity index (χ4n) is 1.46. The third-order valence-corrected chi connectivity index (χ3v) is 3.28. The second-order valence-corrected chi connectivity index (χ2v) is 4.51. The van der Waals surface area contributed by atoms with E-state index in [1.807, 2.05) is 42.9 Å². The van der Waals surface area contributed by atoms with Crippen LogP contribution in [0.5, 0.6) is 0 Å². The van der Waals surface area contributed by atoms with Gasteiger partial charge >= 0.3 is 0 Å². The molecule has 0 aliphatic rings. The summed E-state index contributed by atoms with van der Waals surface area (Å²) in [5.41, 5.74) is 1.18. The van der Waals surface area contributed by atoms with Gasteiger partial charge in [-0.3, -0.25) is 0 Å². The van der Waals surface area contributed by atoms with Crippen LogP contribution in [-0.2, 0) is 0 Å². The van der Waals surface area contributed by atoms with Crippen molar-refractivity contribution in [2.75, 3.05) is 7.05 Å². The van der Waals surface area contributed by atoms with Gasteiger partial charge in [-0.05, 0) is 24.7 Å². The monoisotopic (exact) mass is 238 g/mol. The summed E-state index contributed by atoms with van der Waals surface area (Å²) in [7, 11) is 1.93.